The van der Waals surface area contributed by atoms with Gasteiger partial charge in [-0.2, -0.15) is 0 Å². The SMILES string of the molecule is COC(C)(C)CCC[C@](C)(O)[C@H]1CC[C@]2(C)[C@@H]1[C@H](OC(C)=O)C[C@@H]1[C@@]3(C)CC[C@H](OC(C)=O)C(C)(C)[C@@H]3[C@@H](OC(C)=O)C[C@]12C. The van der Waals surface area contributed by atoms with Crippen LogP contribution >= 0.6 is 0 Å². The molecule has 258 valence electrons. The number of ether oxygens (including phenoxy) is 4. The number of fused-ring (bicyclic) bond motifs is 5. The molecule has 4 rings (SSSR count). The summed E-state index contributed by atoms with van der Waals surface area (Å²) >= 11 is 0. The number of aliphatic hydroxyl groups is 1. The maximum Gasteiger partial charge on any atom is 0.302 e. The van der Waals surface area contributed by atoms with Gasteiger partial charge >= 0.3 is 17.9 Å². The predicted octanol–water partition coefficient (Wildman–Crippen LogP) is 7.03. The fourth-order valence-corrected chi connectivity index (χ4v) is 11.8. The lowest BCUT2D eigenvalue weighted by Gasteiger charge is -2.71. The molecule has 0 spiro atoms. The summed E-state index contributed by atoms with van der Waals surface area (Å²) in [6, 6.07) is 0. The molecule has 0 saturated heterocycles. The summed E-state index contributed by atoms with van der Waals surface area (Å²) in [4.78, 5) is 37.5. The minimum absolute atomic E-state index is 0.0309. The maximum atomic E-state index is 12.7. The highest BCUT2D eigenvalue weighted by Gasteiger charge is 2.74. The lowest BCUT2D eigenvalue weighted by atomic mass is 9.34. The van der Waals surface area contributed by atoms with Crippen LogP contribution < -0.4 is 0 Å². The van der Waals surface area contributed by atoms with Crippen molar-refractivity contribution in [3.63, 3.8) is 0 Å². The smallest absolute Gasteiger partial charge is 0.302 e. The van der Waals surface area contributed by atoms with Crippen molar-refractivity contribution in [2.45, 2.75) is 163 Å². The molecular formula is C37H62O8. The molecule has 4 aliphatic rings. The van der Waals surface area contributed by atoms with Crippen LogP contribution in [0.15, 0.2) is 0 Å². The summed E-state index contributed by atoms with van der Waals surface area (Å²) in [5.74, 6) is -0.813. The third kappa shape index (κ3) is 6.21. The van der Waals surface area contributed by atoms with Crippen LogP contribution in [0.3, 0.4) is 0 Å². The van der Waals surface area contributed by atoms with E-state index in [0.29, 0.717) is 19.3 Å². The number of carbonyl (C=O) groups is 3. The first-order chi connectivity index (χ1) is 20.6. The second-order valence-electron chi connectivity index (χ2n) is 17.4. The van der Waals surface area contributed by atoms with E-state index in [4.69, 9.17) is 18.9 Å². The lowest BCUT2D eigenvalue weighted by Crippen LogP contribution is -2.70. The zero-order valence-corrected chi connectivity index (χ0v) is 30.2. The summed E-state index contributed by atoms with van der Waals surface area (Å²) in [6.07, 6.45) is 6.06. The Morgan fingerprint density at radius 2 is 1.38 bits per heavy atom. The van der Waals surface area contributed by atoms with Crippen LogP contribution in [0.1, 0.15) is 134 Å². The summed E-state index contributed by atoms with van der Waals surface area (Å²) in [6.45, 7) is 22.0. The molecule has 0 aromatic heterocycles. The van der Waals surface area contributed by atoms with Crippen molar-refractivity contribution in [2.24, 2.45) is 45.3 Å². The molecular weight excluding hydrogens is 572 g/mol. The third-order valence-corrected chi connectivity index (χ3v) is 13.9. The largest absolute Gasteiger partial charge is 0.462 e. The Balaban J connectivity index is 1.78. The molecule has 0 radical (unpaired) electrons. The Bertz CT molecular complexity index is 1140. The van der Waals surface area contributed by atoms with E-state index in [0.717, 1.165) is 38.5 Å². The van der Waals surface area contributed by atoms with E-state index in [1.54, 1.807) is 7.11 Å². The minimum atomic E-state index is -0.936. The standard InChI is InChI=1S/C37H62O8/c1-22(38)43-26-20-28-34(8)18-15-29(45-24(3)40)33(6,7)31(34)27(44-23(2)39)21-36(28,10)35(9)19-14-25(30(26)35)37(11,41)17-13-16-32(4,5)42-12/h25-31,41H,13-21H2,1-12H3/t25-,26+,27-,28+,29-,30-,31-,34+,35+,36+,37-/m0/s1. The number of esters is 3. The maximum absolute atomic E-state index is 12.7. The average molecular weight is 635 g/mol. The van der Waals surface area contributed by atoms with Crippen molar-refractivity contribution in [2.75, 3.05) is 7.11 Å². The van der Waals surface area contributed by atoms with Gasteiger partial charge in [0.1, 0.15) is 18.3 Å². The van der Waals surface area contributed by atoms with Crippen LogP contribution in [0.25, 0.3) is 0 Å². The Morgan fingerprint density at radius 3 is 1.93 bits per heavy atom. The first-order valence-electron chi connectivity index (χ1n) is 17.3. The predicted molar refractivity (Wildman–Crippen MR) is 172 cm³/mol. The highest BCUT2D eigenvalue weighted by atomic mass is 16.6. The van der Waals surface area contributed by atoms with E-state index in [1.165, 1.54) is 20.8 Å². The minimum Gasteiger partial charge on any atom is -0.462 e. The third-order valence-electron chi connectivity index (χ3n) is 13.9. The van der Waals surface area contributed by atoms with Crippen molar-refractivity contribution in [1.29, 1.82) is 0 Å². The van der Waals surface area contributed by atoms with Crippen molar-refractivity contribution < 1.29 is 38.4 Å². The zero-order chi connectivity index (χ0) is 34.0. The summed E-state index contributed by atoms with van der Waals surface area (Å²) in [5, 5.41) is 12.2. The molecule has 0 amide bonds. The molecule has 0 aromatic rings. The summed E-state index contributed by atoms with van der Waals surface area (Å²) < 4.78 is 24.1. The first-order valence-corrected chi connectivity index (χ1v) is 17.3. The van der Waals surface area contributed by atoms with Gasteiger partial charge in [0, 0.05) is 45.1 Å². The number of rotatable bonds is 9. The molecule has 0 bridgehead atoms. The van der Waals surface area contributed by atoms with Gasteiger partial charge in [0.05, 0.1) is 11.2 Å². The Kier molecular flexibility index (Phi) is 9.72. The number of carbonyl (C=O) groups excluding carboxylic acids is 3. The molecule has 4 saturated carbocycles. The topological polar surface area (TPSA) is 108 Å². The van der Waals surface area contributed by atoms with Gasteiger partial charge in [0.25, 0.3) is 0 Å². The number of methoxy groups -OCH3 is 1. The van der Waals surface area contributed by atoms with Gasteiger partial charge in [0.15, 0.2) is 0 Å². The molecule has 0 aromatic carbocycles. The quantitative estimate of drug-likeness (QED) is 0.213. The molecule has 4 aliphatic carbocycles. The van der Waals surface area contributed by atoms with E-state index >= 15 is 0 Å². The van der Waals surface area contributed by atoms with E-state index < -0.39 is 11.0 Å². The van der Waals surface area contributed by atoms with Crippen molar-refractivity contribution in [3.8, 4) is 0 Å². The molecule has 0 aliphatic heterocycles. The van der Waals surface area contributed by atoms with E-state index in [1.807, 2.05) is 6.92 Å². The Hall–Kier alpha value is -1.67. The van der Waals surface area contributed by atoms with Gasteiger partial charge in [-0.1, -0.05) is 34.6 Å². The monoisotopic (exact) mass is 634 g/mol. The normalized spacial score (nSPS) is 41.9. The van der Waals surface area contributed by atoms with Gasteiger partial charge in [0.2, 0.25) is 0 Å². The molecule has 0 unspecified atom stereocenters. The molecule has 45 heavy (non-hydrogen) atoms. The highest BCUT2D eigenvalue weighted by molar-refractivity contribution is 5.67. The first kappa shape index (κ1) is 36.2. The lowest BCUT2D eigenvalue weighted by molar-refractivity contribution is -0.280. The fraction of sp³-hybridized carbons (Fsp3) is 0.919. The molecule has 4 fully saturated rings. The Labute approximate surface area is 272 Å². The number of hydrogen-bond acceptors (Lipinski definition) is 8. The van der Waals surface area contributed by atoms with Crippen molar-refractivity contribution in [1.82, 2.24) is 0 Å². The summed E-state index contributed by atoms with van der Waals surface area (Å²) in [7, 11) is 1.73. The average Bonchev–Trinajstić information content (AvgIpc) is 3.26. The van der Waals surface area contributed by atoms with Gasteiger partial charge in [-0.3, -0.25) is 14.4 Å². The van der Waals surface area contributed by atoms with Crippen LogP contribution in [0, 0.1) is 45.3 Å². The van der Waals surface area contributed by atoms with E-state index in [2.05, 4.69) is 48.5 Å². The van der Waals surface area contributed by atoms with Crippen LogP contribution in [0.4, 0.5) is 0 Å². The van der Waals surface area contributed by atoms with Crippen LogP contribution in [-0.4, -0.2) is 59.6 Å². The van der Waals surface area contributed by atoms with Crippen LogP contribution in [0.2, 0.25) is 0 Å². The molecule has 11 atom stereocenters. The van der Waals surface area contributed by atoms with Crippen molar-refractivity contribution >= 4 is 17.9 Å². The second kappa shape index (κ2) is 12.1. The Morgan fingerprint density at radius 1 is 0.800 bits per heavy atom. The van der Waals surface area contributed by atoms with Gasteiger partial charge < -0.3 is 24.1 Å². The van der Waals surface area contributed by atoms with Crippen LogP contribution in [-0.2, 0) is 33.3 Å². The van der Waals surface area contributed by atoms with E-state index in [9.17, 15) is 19.5 Å². The fourth-order valence-electron chi connectivity index (χ4n) is 11.8. The number of hydrogen-bond donors (Lipinski definition) is 1. The van der Waals surface area contributed by atoms with Gasteiger partial charge in [-0.15, -0.1) is 0 Å². The van der Waals surface area contributed by atoms with Gasteiger partial charge in [-0.05, 0) is 107 Å². The second-order valence-corrected chi connectivity index (χ2v) is 17.4. The zero-order valence-electron chi connectivity index (χ0n) is 30.2. The summed E-state index contributed by atoms with van der Waals surface area (Å²) in [5.41, 5.74) is -2.40. The molecule has 8 nitrogen and oxygen atoms in total. The van der Waals surface area contributed by atoms with Gasteiger partial charge in [-0.25, -0.2) is 0 Å². The van der Waals surface area contributed by atoms with E-state index in [-0.39, 0.29) is 81.7 Å². The molecule has 8 heteroatoms. The molecule has 0 heterocycles. The van der Waals surface area contributed by atoms with Crippen molar-refractivity contribution in [3.05, 3.63) is 0 Å². The highest BCUT2D eigenvalue weighted by Crippen LogP contribution is 2.76. The molecule has 1 N–H and O–H groups in total. The van der Waals surface area contributed by atoms with Crippen LogP contribution in [0.5, 0.6) is 0 Å².